The number of rotatable bonds is 8. The lowest BCUT2D eigenvalue weighted by Gasteiger charge is -2.24. The molecule has 1 amide bonds. The summed E-state index contributed by atoms with van der Waals surface area (Å²) < 4.78 is 38.0. The van der Waals surface area contributed by atoms with Gasteiger partial charge in [-0.2, -0.15) is 5.10 Å². The first-order valence-electron chi connectivity index (χ1n) is 14.4. The third kappa shape index (κ3) is 5.58. The van der Waals surface area contributed by atoms with E-state index < -0.39 is 15.7 Å². The van der Waals surface area contributed by atoms with Crippen molar-refractivity contribution in [3.63, 3.8) is 0 Å². The molecule has 0 atom stereocenters. The number of aromatic amines is 2. The number of aryl methyl sites for hydroxylation is 1. The van der Waals surface area contributed by atoms with Crippen LogP contribution in [0.4, 0.5) is 10.1 Å². The zero-order valence-corrected chi connectivity index (χ0v) is 24.7. The number of hydrogen-bond acceptors (Lipinski definition) is 6. The molecule has 222 valence electrons. The maximum absolute atomic E-state index is 14.6. The quantitative estimate of drug-likeness (QED) is 0.186. The van der Waals surface area contributed by atoms with Gasteiger partial charge in [-0.05, 0) is 72.4 Å². The zero-order valence-electron chi connectivity index (χ0n) is 23.9. The van der Waals surface area contributed by atoms with E-state index in [-0.39, 0.29) is 24.0 Å². The minimum atomic E-state index is -3.19. The summed E-state index contributed by atoms with van der Waals surface area (Å²) in [6, 6.07) is 14.5. The fourth-order valence-electron chi connectivity index (χ4n) is 5.64. The third-order valence-corrected chi connectivity index (χ3v) is 9.15. The van der Waals surface area contributed by atoms with Gasteiger partial charge in [0.05, 0.1) is 40.6 Å². The smallest absolute Gasteiger partial charge is 0.227 e. The predicted molar refractivity (Wildman–Crippen MR) is 169 cm³/mol. The summed E-state index contributed by atoms with van der Waals surface area (Å²) >= 11 is 0. The summed E-state index contributed by atoms with van der Waals surface area (Å²) in [5.41, 5.74) is 7.46. The van der Waals surface area contributed by atoms with Crippen molar-refractivity contribution in [3.8, 4) is 33.6 Å². The Bertz CT molecular complexity index is 2170. The van der Waals surface area contributed by atoms with Crippen LogP contribution in [0.1, 0.15) is 24.8 Å². The van der Waals surface area contributed by atoms with Gasteiger partial charge >= 0.3 is 0 Å². The van der Waals surface area contributed by atoms with Crippen LogP contribution >= 0.6 is 0 Å². The highest BCUT2D eigenvalue weighted by atomic mass is 32.2. The van der Waals surface area contributed by atoms with Crippen LogP contribution in [0.15, 0.2) is 73.3 Å². The number of hydrogen-bond donors (Lipinski definition) is 3. The van der Waals surface area contributed by atoms with Gasteiger partial charge in [0.1, 0.15) is 21.3 Å². The van der Waals surface area contributed by atoms with Gasteiger partial charge in [-0.3, -0.25) is 19.9 Å². The highest BCUT2D eigenvalue weighted by Crippen LogP contribution is 2.36. The number of amides is 1. The normalized spacial score (nSPS) is 13.8. The molecule has 44 heavy (non-hydrogen) atoms. The van der Waals surface area contributed by atoms with Crippen LogP contribution in [-0.2, 0) is 21.1 Å². The Balaban J connectivity index is 1.23. The predicted octanol–water partition coefficient (Wildman–Crippen LogP) is 6.30. The van der Waals surface area contributed by atoms with Crippen molar-refractivity contribution in [2.45, 2.75) is 25.7 Å². The summed E-state index contributed by atoms with van der Waals surface area (Å²) in [6.45, 7) is 0. The topological polar surface area (TPSA) is 133 Å². The van der Waals surface area contributed by atoms with Crippen LogP contribution in [-0.4, -0.2) is 51.5 Å². The molecule has 7 rings (SSSR count). The Labute approximate surface area is 252 Å². The number of anilines is 1. The van der Waals surface area contributed by atoms with Gasteiger partial charge < -0.3 is 10.3 Å². The van der Waals surface area contributed by atoms with E-state index >= 15 is 0 Å². The summed E-state index contributed by atoms with van der Waals surface area (Å²) in [5, 5.41) is 12.4. The van der Waals surface area contributed by atoms with E-state index in [9.17, 15) is 17.6 Å². The van der Waals surface area contributed by atoms with Gasteiger partial charge in [-0.25, -0.2) is 12.8 Å². The molecule has 0 bridgehead atoms. The van der Waals surface area contributed by atoms with Crippen LogP contribution in [0.5, 0.6) is 0 Å². The number of carbonyl (C=O) groups excluding carboxylic acids is 1. The zero-order chi connectivity index (χ0) is 30.4. The Hall–Kier alpha value is -4.90. The maximum atomic E-state index is 14.6. The number of H-pyrrole nitrogens is 2. The van der Waals surface area contributed by atoms with Crippen molar-refractivity contribution < 1.29 is 17.6 Å². The molecule has 1 aliphatic rings. The molecule has 6 aromatic rings. The average molecular weight is 609 g/mol. The van der Waals surface area contributed by atoms with Crippen LogP contribution in [0.25, 0.3) is 55.4 Å². The van der Waals surface area contributed by atoms with Crippen molar-refractivity contribution in [3.05, 3.63) is 84.7 Å². The first kappa shape index (κ1) is 27.9. The number of carbonyl (C=O) groups is 1. The van der Waals surface area contributed by atoms with Crippen LogP contribution in [0.2, 0.25) is 0 Å². The number of nitrogens with zero attached hydrogens (tertiary/aromatic N) is 3. The Morgan fingerprint density at radius 3 is 2.57 bits per heavy atom. The van der Waals surface area contributed by atoms with E-state index in [2.05, 4.69) is 30.5 Å². The molecule has 3 N–H and O–H groups in total. The molecule has 2 aromatic carbocycles. The molecule has 4 aromatic heterocycles. The molecule has 9 nitrogen and oxygen atoms in total. The summed E-state index contributed by atoms with van der Waals surface area (Å²) in [7, 11) is -3.19. The van der Waals surface area contributed by atoms with Gasteiger partial charge in [0, 0.05) is 46.5 Å². The minimum Gasteiger partial charge on any atom is -0.352 e. The Morgan fingerprint density at radius 1 is 0.932 bits per heavy atom. The molecule has 4 heterocycles. The first-order chi connectivity index (χ1) is 21.2. The number of aromatic nitrogens is 5. The molecule has 0 saturated heterocycles. The number of sulfone groups is 1. The summed E-state index contributed by atoms with van der Waals surface area (Å²) in [6.07, 6.45) is 11.2. The van der Waals surface area contributed by atoms with E-state index in [1.54, 1.807) is 24.8 Å². The standard InChI is InChI=1S/C33H29FN6O3S/c1-44(42,43)8-7-19-9-22(11-24(34)10-19)28-17-36-18-31-26(28)14-30(38-31)32-27-13-21(5-6-29(27)39-40-32)23-12-25(16-35-15-23)37-33(41)20-3-2-4-20/h5-6,9-18,20,38H,2-4,7-8H2,1H3,(H,37,41)(H,39,40). The van der Waals surface area contributed by atoms with Crippen molar-refractivity contribution >= 4 is 43.2 Å². The number of nitrogens with one attached hydrogen (secondary N) is 3. The van der Waals surface area contributed by atoms with Crippen molar-refractivity contribution in [2.24, 2.45) is 5.92 Å². The van der Waals surface area contributed by atoms with Gasteiger partial charge in [-0.1, -0.05) is 18.6 Å². The fourth-order valence-corrected chi connectivity index (χ4v) is 6.25. The van der Waals surface area contributed by atoms with Gasteiger partial charge in [0.2, 0.25) is 5.91 Å². The largest absolute Gasteiger partial charge is 0.352 e. The van der Waals surface area contributed by atoms with Crippen molar-refractivity contribution in [1.82, 2.24) is 25.1 Å². The van der Waals surface area contributed by atoms with Gasteiger partial charge in [0.15, 0.2) is 0 Å². The Morgan fingerprint density at radius 2 is 1.77 bits per heavy atom. The van der Waals surface area contributed by atoms with E-state index in [1.807, 2.05) is 36.4 Å². The number of benzene rings is 2. The second-order valence-electron chi connectivity index (χ2n) is 11.5. The van der Waals surface area contributed by atoms with Crippen molar-refractivity contribution in [1.29, 1.82) is 0 Å². The van der Waals surface area contributed by atoms with Crippen LogP contribution < -0.4 is 5.32 Å². The van der Waals surface area contributed by atoms with Gasteiger partial charge in [0.25, 0.3) is 0 Å². The fraction of sp³-hybridized carbons (Fsp3) is 0.212. The van der Waals surface area contributed by atoms with E-state index in [0.717, 1.165) is 63.5 Å². The van der Waals surface area contributed by atoms with Crippen LogP contribution in [0, 0.1) is 11.7 Å². The summed E-state index contributed by atoms with van der Waals surface area (Å²) in [4.78, 5) is 24.6. The summed E-state index contributed by atoms with van der Waals surface area (Å²) in [5.74, 6) is -0.376. The lowest BCUT2D eigenvalue weighted by molar-refractivity contribution is -0.122. The third-order valence-electron chi connectivity index (χ3n) is 8.21. The van der Waals surface area contributed by atoms with Gasteiger partial charge in [-0.15, -0.1) is 0 Å². The molecular formula is C33H29FN6O3S. The second kappa shape index (κ2) is 11.0. The highest BCUT2D eigenvalue weighted by molar-refractivity contribution is 7.90. The van der Waals surface area contributed by atoms with Crippen molar-refractivity contribution in [2.75, 3.05) is 17.3 Å². The number of pyridine rings is 2. The lowest BCUT2D eigenvalue weighted by Crippen LogP contribution is -2.28. The second-order valence-corrected chi connectivity index (χ2v) is 13.7. The monoisotopic (exact) mass is 608 g/mol. The lowest BCUT2D eigenvalue weighted by atomic mass is 9.85. The molecule has 1 fully saturated rings. The molecule has 1 aliphatic carbocycles. The Kier molecular flexibility index (Phi) is 6.97. The van der Waals surface area contributed by atoms with E-state index in [1.165, 1.54) is 18.4 Å². The van der Waals surface area contributed by atoms with E-state index in [4.69, 9.17) is 0 Å². The van der Waals surface area contributed by atoms with E-state index in [0.29, 0.717) is 22.5 Å². The molecular weight excluding hydrogens is 579 g/mol. The molecule has 1 saturated carbocycles. The average Bonchev–Trinajstić information content (AvgIpc) is 3.58. The first-order valence-corrected chi connectivity index (χ1v) is 16.5. The molecule has 0 spiro atoms. The maximum Gasteiger partial charge on any atom is 0.227 e. The molecule has 11 heteroatoms. The van der Waals surface area contributed by atoms with Crippen LogP contribution in [0.3, 0.4) is 0 Å². The minimum absolute atomic E-state index is 0.0406. The highest BCUT2D eigenvalue weighted by Gasteiger charge is 2.25. The number of fused-ring (bicyclic) bond motifs is 2. The number of halogens is 1. The molecule has 0 radical (unpaired) electrons. The molecule has 0 unspecified atom stereocenters. The SMILES string of the molecule is CS(=O)(=O)CCc1cc(F)cc(-c2cncc3[nH]c(-c4n[nH]c5ccc(-c6cncc(NC(=O)C7CCC7)c6)cc45)cc23)c1. The molecule has 0 aliphatic heterocycles.